The number of hydrogen-bond donors (Lipinski definition) is 0. The quantitative estimate of drug-likeness (QED) is 0.619. The summed E-state index contributed by atoms with van der Waals surface area (Å²) in [5, 5.41) is -0.0779. The van der Waals surface area contributed by atoms with Crippen molar-refractivity contribution in [2.24, 2.45) is 0 Å². The highest BCUT2D eigenvalue weighted by Gasteiger charge is 2.35. The van der Waals surface area contributed by atoms with Crippen LogP contribution in [-0.4, -0.2) is 23.1 Å². The third-order valence-electron chi connectivity index (χ3n) is 3.90. The predicted octanol–water partition coefficient (Wildman–Crippen LogP) is 5.11. The van der Waals surface area contributed by atoms with Crippen LogP contribution in [0.15, 0.2) is 24.4 Å². The van der Waals surface area contributed by atoms with Crippen molar-refractivity contribution in [1.82, 2.24) is 9.97 Å². The van der Waals surface area contributed by atoms with Crippen LogP contribution in [0.4, 0.5) is 13.2 Å². The number of sulfone groups is 1. The third kappa shape index (κ3) is 5.33. The second-order valence-corrected chi connectivity index (χ2v) is 10.5. The smallest absolute Gasteiger partial charge is 0.228 e. The Kier molecular flexibility index (Phi) is 6.14. The summed E-state index contributed by atoms with van der Waals surface area (Å²) in [5.74, 6) is -0.320. The summed E-state index contributed by atoms with van der Waals surface area (Å²) in [5.41, 5.74) is -0.545. The largest absolute Gasteiger partial charge is 0.419 e. The first-order chi connectivity index (χ1) is 12.2. The molecule has 0 radical (unpaired) electrons. The molecule has 1 aromatic carbocycles. The van der Waals surface area contributed by atoms with E-state index in [4.69, 9.17) is 23.2 Å². The van der Waals surface area contributed by atoms with E-state index in [0.29, 0.717) is 17.3 Å². The first kappa shape index (κ1) is 21.9. The van der Waals surface area contributed by atoms with E-state index < -0.39 is 26.3 Å². The zero-order valence-corrected chi connectivity index (χ0v) is 17.1. The summed E-state index contributed by atoms with van der Waals surface area (Å²) in [7, 11) is -3.51. The van der Waals surface area contributed by atoms with E-state index >= 15 is 0 Å². The number of alkyl halides is 3. The van der Waals surface area contributed by atoms with Crippen molar-refractivity contribution in [1.29, 1.82) is 0 Å². The zero-order valence-electron chi connectivity index (χ0n) is 14.7. The molecule has 0 bridgehead atoms. The number of benzene rings is 1. The molecule has 1 heterocycles. The van der Waals surface area contributed by atoms with Gasteiger partial charge >= 0.3 is 6.18 Å². The summed E-state index contributed by atoms with van der Waals surface area (Å²) >= 11 is 11.7. The van der Waals surface area contributed by atoms with Crippen molar-refractivity contribution in [3.05, 3.63) is 57.1 Å². The van der Waals surface area contributed by atoms with Crippen molar-refractivity contribution in [3.8, 4) is 0 Å². The van der Waals surface area contributed by atoms with Gasteiger partial charge in [0, 0.05) is 17.6 Å². The summed E-state index contributed by atoms with van der Waals surface area (Å²) in [4.78, 5) is 7.07. The van der Waals surface area contributed by atoms with Gasteiger partial charge in [0.15, 0.2) is 9.84 Å². The highest BCUT2D eigenvalue weighted by Crippen LogP contribution is 2.33. The molecule has 2 aromatic rings. The minimum Gasteiger partial charge on any atom is -0.228 e. The molecule has 0 N–H and O–H groups in total. The topological polar surface area (TPSA) is 59.9 Å². The molecule has 0 aliphatic carbocycles. The first-order valence-corrected chi connectivity index (χ1v) is 10.2. The van der Waals surface area contributed by atoms with Crippen LogP contribution >= 0.6 is 23.2 Å². The molecule has 0 spiro atoms. The molecule has 1 aromatic heterocycles. The van der Waals surface area contributed by atoms with Gasteiger partial charge in [0.2, 0.25) is 5.28 Å². The Labute approximate surface area is 165 Å². The van der Waals surface area contributed by atoms with E-state index in [9.17, 15) is 21.6 Å². The maximum Gasteiger partial charge on any atom is 0.419 e. The number of halogens is 5. The molecule has 10 heteroatoms. The second-order valence-electron chi connectivity index (χ2n) is 6.97. The minimum atomic E-state index is -4.63. The highest BCUT2D eigenvalue weighted by molar-refractivity contribution is 7.91. The number of rotatable bonds is 4. The SMILES string of the molecule is CC(C)(C)S(=O)(=O)Cc1cc(Cc2nc(Cl)ncc2C(F)(F)F)ccc1Cl. The fourth-order valence-electron chi connectivity index (χ4n) is 2.23. The normalized spacial score (nSPS) is 13.0. The third-order valence-corrected chi connectivity index (χ3v) is 7.01. The molecular weight excluding hydrogens is 424 g/mol. The molecule has 0 unspecified atom stereocenters. The fourth-order valence-corrected chi connectivity index (χ4v) is 3.72. The van der Waals surface area contributed by atoms with Gasteiger partial charge in [0.05, 0.1) is 21.8 Å². The van der Waals surface area contributed by atoms with E-state index in [1.807, 2.05) is 0 Å². The van der Waals surface area contributed by atoms with Crippen LogP contribution in [0.3, 0.4) is 0 Å². The van der Waals surface area contributed by atoms with Crippen LogP contribution in [0.2, 0.25) is 10.3 Å². The number of nitrogens with zero attached hydrogens (tertiary/aromatic N) is 2. The second kappa shape index (κ2) is 7.56. The van der Waals surface area contributed by atoms with Crippen LogP contribution in [-0.2, 0) is 28.2 Å². The monoisotopic (exact) mass is 440 g/mol. The van der Waals surface area contributed by atoms with Gasteiger partial charge in [-0.25, -0.2) is 18.4 Å². The molecule has 2 rings (SSSR count). The molecule has 0 atom stereocenters. The van der Waals surface area contributed by atoms with Crippen LogP contribution in [0.1, 0.15) is 43.2 Å². The molecule has 0 saturated carbocycles. The maximum atomic E-state index is 13.2. The van der Waals surface area contributed by atoms with E-state index in [1.165, 1.54) is 18.2 Å². The van der Waals surface area contributed by atoms with Gasteiger partial charge in [-0.3, -0.25) is 0 Å². The molecule has 0 fully saturated rings. The van der Waals surface area contributed by atoms with Crippen molar-refractivity contribution in [3.63, 3.8) is 0 Å². The highest BCUT2D eigenvalue weighted by atomic mass is 35.5. The van der Waals surface area contributed by atoms with Gasteiger partial charge in [-0.05, 0) is 49.6 Å². The van der Waals surface area contributed by atoms with Crippen molar-refractivity contribution in [2.75, 3.05) is 0 Å². The molecule has 0 saturated heterocycles. The van der Waals surface area contributed by atoms with Gasteiger partial charge < -0.3 is 0 Å². The average Bonchev–Trinajstić information content (AvgIpc) is 2.48. The van der Waals surface area contributed by atoms with Crippen LogP contribution < -0.4 is 0 Å². The number of hydrogen-bond acceptors (Lipinski definition) is 4. The standard InChI is InChI=1S/C17H17Cl2F3N2O2S/c1-16(2,3)27(25,26)9-11-6-10(4-5-13(11)18)7-14-12(17(20,21)22)8-23-15(19)24-14/h4-6,8H,7,9H2,1-3H3. The maximum absolute atomic E-state index is 13.2. The molecule has 27 heavy (non-hydrogen) atoms. The Morgan fingerprint density at radius 2 is 1.74 bits per heavy atom. The van der Waals surface area contributed by atoms with Gasteiger partial charge in [-0.1, -0.05) is 23.7 Å². The Hall–Kier alpha value is -1.38. The molecule has 0 aliphatic heterocycles. The van der Waals surface area contributed by atoms with Gasteiger partial charge in [0.1, 0.15) is 0 Å². The molecular formula is C17H17Cl2F3N2O2S. The lowest BCUT2D eigenvalue weighted by Gasteiger charge is -2.20. The van der Waals surface area contributed by atoms with Gasteiger partial charge in [-0.15, -0.1) is 0 Å². The molecule has 0 amide bonds. The summed E-state index contributed by atoms with van der Waals surface area (Å²) in [6.07, 6.45) is -4.20. The first-order valence-electron chi connectivity index (χ1n) is 7.79. The van der Waals surface area contributed by atoms with Crippen molar-refractivity contribution < 1.29 is 21.6 Å². The lowest BCUT2D eigenvalue weighted by molar-refractivity contribution is -0.138. The lowest BCUT2D eigenvalue weighted by atomic mass is 10.0. The summed E-state index contributed by atoms with van der Waals surface area (Å²) < 4.78 is 63.3. The summed E-state index contributed by atoms with van der Waals surface area (Å²) in [6.45, 7) is 4.70. The number of aromatic nitrogens is 2. The van der Waals surface area contributed by atoms with E-state index in [0.717, 1.165) is 0 Å². The predicted molar refractivity (Wildman–Crippen MR) is 98.7 cm³/mol. The Morgan fingerprint density at radius 3 is 2.30 bits per heavy atom. The van der Waals surface area contributed by atoms with E-state index in [1.54, 1.807) is 20.8 Å². The van der Waals surface area contributed by atoms with E-state index in [-0.39, 0.29) is 28.2 Å². The molecule has 0 aliphatic rings. The van der Waals surface area contributed by atoms with Gasteiger partial charge in [0.25, 0.3) is 0 Å². The van der Waals surface area contributed by atoms with Crippen molar-refractivity contribution >= 4 is 33.0 Å². The van der Waals surface area contributed by atoms with Crippen molar-refractivity contribution in [2.45, 2.75) is 43.9 Å². The Morgan fingerprint density at radius 1 is 1.11 bits per heavy atom. The average molecular weight is 441 g/mol. The molecule has 4 nitrogen and oxygen atoms in total. The van der Waals surface area contributed by atoms with Crippen LogP contribution in [0.5, 0.6) is 0 Å². The Balaban J connectivity index is 2.42. The minimum absolute atomic E-state index is 0.198. The molecule has 148 valence electrons. The van der Waals surface area contributed by atoms with Gasteiger partial charge in [-0.2, -0.15) is 13.2 Å². The van der Waals surface area contributed by atoms with Crippen LogP contribution in [0.25, 0.3) is 0 Å². The summed E-state index contributed by atoms with van der Waals surface area (Å²) in [6, 6.07) is 4.45. The lowest BCUT2D eigenvalue weighted by Crippen LogP contribution is -2.29. The van der Waals surface area contributed by atoms with E-state index in [2.05, 4.69) is 9.97 Å². The zero-order chi connectivity index (χ0) is 20.6. The Bertz CT molecular complexity index is 956. The fraction of sp³-hybridized carbons (Fsp3) is 0.412. The van der Waals surface area contributed by atoms with Crippen LogP contribution in [0, 0.1) is 0 Å².